The van der Waals surface area contributed by atoms with Gasteiger partial charge in [-0.05, 0) is 18.2 Å². The number of aryl methyl sites for hydroxylation is 1. The van der Waals surface area contributed by atoms with Crippen molar-refractivity contribution in [1.29, 1.82) is 0 Å². The SMILES string of the molecule is COc1cc(OC)c(NC(=O)CCc2nc3ccccc3[nH]2)cc1Cl. The molecule has 0 saturated heterocycles. The Balaban J connectivity index is 1.67. The van der Waals surface area contributed by atoms with Gasteiger partial charge in [-0.2, -0.15) is 0 Å². The number of methoxy groups -OCH3 is 2. The summed E-state index contributed by atoms with van der Waals surface area (Å²) in [4.78, 5) is 19.9. The summed E-state index contributed by atoms with van der Waals surface area (Å²) in [6.45, 7) is 0. The molecule has 7 heteroatoms. The molecule has 0 aliphatic carbocycles. The van der Waals surface area contributed by atoms with Gasteiger partial charge >= 0.3 is 0 Å². The van der Waals surface area contributed by atoms with Crippen molar-refractivity contribution in [2.24, 2.45) is 0 Å². The number of para-hydroxylation sites is 2. The summed E-state index contributed by atoms with van der Waals surface area (Å²) < 4.78 is 10.4. The van der Waals surface area contributed by atoms with E-state index in [1.165, 1.54) is 14.2 Å². The van der Waals surface area contributed by atoms with E-state index in [4.69, 9.17) is 21.1 Å². The molecule has 0 saturated carbocycles. The number of nitrogens with zero attached hydrogens (tertiary/aromatic N) is 1. The van der Waals surface area contributed by atoms with E-state index in [9.17, 15) is 4.79 Å². The summed E-state index contributed by atoms with van der Waals surface area (Å²) in [5.41, 5.74) is 2.35. The molecule has 3 aromatic rings. The number of aromatic amines is 1. The highest BCUT2D eigenvalue weighted by Crippen LogP contribution is 2.35. The Bertz CT molecular complexity index is 875. The van der Waals surface area contributed by atoms with Crippen molar-refractivity contribution in [3.05, 3.63) is 47.2 Å². The van der Waals surface area contributed by atoms with E-state index in [2.05, 4.69) is 15.3 Å². The second-order valence-corrected chi connectivity index (χ2v) is 5.84. The highest BCUT2D eigenvalue weighted by molar-refractivity contribution is 6.32. The topological polar surface area (TPSA) is 76.2 Å². The summed E-state index contributed by atoms with van der Waals surface area (Å²) in [7, 11) is 3.04. The number of aromatic nitrogens is 2. The fourth-order valence-electron chi connectivity index (χ4n) is 2.53. The fraction of sp³-hybridized carbons (Fsp3) is 0.222. The number of fused-ring (bicyclic) bond motifs is 1. The molecule has 0 aliphatic heterocycles. The molecule has 0 fully saturated rings. The Kier molecular flexibility index (Phi) is 5.09. The third-order valence-electron chi connectivity index (χ3n) is 3.78. The third kappa shape index (κ3) is 3.85. The monoisotopic (exact) mass is 359 g/mol. The quantitative estimate of drug-likeness (QED) is 0.701. The lowest BCUT2D eigenvalue weighted by Gasteiger charge is -2.13. The van der Waals surface area contributed by atoms with Gasteiger partial charge in [0.2, 0.25) is 5.91 Å². The highest BCUT2D eigenvalue weighted by atomic mass is 35.5. The molecule has 0 unspecified atom stereocenters. The summed E-state index contributed by atoms with van der Waals surface area (Å²) in [5, 5.41) is 3.21. The number of amides is 1. The molecule has 0 aliphatic rings. The number of carbonyl (C=O) groups excluding carboxylic acids is 1. The van der Waals surface area contributed by atoms with Gasteiger partial charge in [0.05, 0.1) is 36.0 Å². The van der Waals surface area contributed by atoms with Crippen LogP contribution in [-0.2, 0) is 11.2 Å². The van der Waals surface area contributed by atoms with Crippen molar-refractivity contribution in [2.75, 3.05) is 19.5 Å². The normalized spacial score (nSPS) is 10.7. The van der Waals surface area contributed by atoms with Gasteiger partial charge in [0.25, 0.3) is 0 Å². The van der Waals surface area contributed by atoms with Gasteiger partial charge in [-0.1, -0.05) is 23.7 Å². The second kappa shape index (κ2) is 7.44. The van der Waals surface area contributed by atoms with Gasteiger partial charge in [-0.25, -0.2) is 4.98 Å². The average molecular weight is 360 g/mol. The van der Waals surface area contributed by atoms with Crippen LogP contribution in [0, 0.1) is 0 Å². The number of hydrogen-bond acceptors (Lipinski definition) is 4. The maximum Gasteiger partial charge on any atom is 0.224 e. The van der Waals surface area contributed by atoms with E-state index in [1.54, 1.807) is 12.1 Å². The van der Waals surface area contributed by atoms with Crippen molar-refractivity contribution in [2.45, 2.75) is 12.8 Å². The van der Waals surface area contributed by atoms with Gasteiger partial charge in [-0.3, -0.25) is 4.79 Å². The largest absolute Gasteiger partial charge is 0.495 e. The first-order chi connectivity index (χ1) is 12.1. The van der Waals surface area contributed by atoms with E-state index < -0.39 is 0 Å². The summed E-state index contributed by atoms with van der Waals surface area (Å²) in [6, 6.07) is 11.0. The van der Waals surface area contributed by atoms with Crippen molar-refractivity contribution < 1.29 is 14.3 Å². The molecule has 2 N–H and O–H groups in total. The van der Waals surface area contributed by atoms with Crippen LogP contribution < -0.4 is 14.8 Å². The van der Waals surface area contributed by atoms with E-state index >= 15 is 0 Å². The predicted octanol–water partition coefficient (Wildman–Crippen LogP) is 3.80. The minimum absolute atomic E-state index is 0.153. The van der Waals surface area contributed by atoms with Gasteiger partial charge in [0, 0.05) is 18.9 Å². The number of halogens is 1. The average Bonchev–Trinajstić information content (AvgIpc) is 3.03. The predicted molar refractivity (Wildman–Crippen MR) is 97.6 cm³/mol. The molecule has 3 rings (SSSR count). The molecular weight excluding hydrogens is 342 g/mol. The van der Waals surface area contributed by atoms with Crippen LogP contribution in [0.25, 0.3) is 11.0 Å². The van der Waals surface area contributed by atoms with Crippen LogP contribution in [0.3, 0.4) is 0 Å². The van der Waals surface area contributed by atoms with E-state index in [0.29, 0.717) is 28.6 Å². The van der Waals surface area contributed by atoms with Crippen LogP contribution in [0.15, 0.2) is 36.4 Å². The van der Waals surface area contributed by atoms with Crippen molar-refractivity contribution in [3.8, 4) is 11.5 Å². The molecule has 0 radical (unpaired) electrons. The second-order valence-electron chi connectivity index (χ2n) is 5.44. The zero-order valence-corrected chi connectivity index (χ0v) is 14.7. The maximum absolute atomic E-state index is 12.3. The van der Waals surface area contributed by atoms with Crippen LogP contribution in [0.4, 0.5) is 5.69 Å². The van der Waals surface area contributed by atoms with Crippen LogP contribution in [-0.4, -0.2) is 30.1 Å². The van der Waals surface area contributed by atoms with Crippen LogP contribution in [0.2, 0.25) is 5.02 Å². The minimum Gasteiger partial charge on any atom is -0.495 e. The zero-order valence-electron chi connectivity index (χ0n) is 13.9. The molecular formula is C18H18ClN3O3. The molecule has 1 aromatic heterocycles. The first-order valence-corrected chi connectivity index (χ1v) is 8.13. The summed E-state index contributed by atoms with van der Waals surface area (Å²) in [5.74, 6) is 1.59. The molecule has 1 heterocycles. The zero-order chi connectivity index (χ0) is 17.8. The molecule has 0 bridgehead atoms. The molecule has 0 atom stereocenters. The summed E-state index contributed by atoms with van der Waals surface area (Å²) in [6.07, 6.45) is 0.791. The first-order valence-electron chi connectivity index (χ1n) is 7.75. The Morgan fingerprint density at radius 3 is 2.68 bits per heavy atom. The van der Waals surface area contributed by atoms with Crippen LogP contribution >= 0.6 is 11.6 Å². The minimum atomic E-state index is -0.153. The number of benzene rings is 2. The Morgan fingerprint density at radius 1 is 1.20 bits per heavy atom. The van der Waals surface area contributed by atoms with Gasteiger partial charge < -0.3 is 19.8 Å². The summed E-state index contributed by atoms with van der Waals surface area (Å²) >= 11 is 6.11. The molecule has 6 nitrogen and oxygen atoms in total. The standard InChI is InChI=1S/C18H18ClN3O3/c1-24-15-10-16(25-2)14(9-11(15)19)22-18(23)8-7-17-20-12-5-3-4-6-13(12)21-17/h3-6,9-10H,7-8H2,1-2H3,(H,20,21)(H,22,23). The van der Waals surface area contributed by atoms with E-state index in [-0.39, 0.29) is 12.3 Å². The fourth-order valence-corrected chi connectivity index (χ4v) is 2.77. The van der Waals surface area contributed by atoms with E-state index in [0.717, 1.165) is 16.9 Å². The number of H-pyrrole nitrogens is 1. The smallest absolute Gasteiger partial charge is 0.224 e. The van der Waals surface area contributed by atoms with Crippen LogP contribution in [0.1, 0.15) is 12.2 Å². The Morgan fingerprint density at radius 2 is 1.96 bits per heavy atom. The molecule has 130 valence electrons. The van der Waals surface area contributed by atoms with Crippen molar-refractivity contribution in [3.63, 3.8) is 0 Å². The lowest BCUT2D eigenvalue weighted by Crippen LogP contribution is -2.13. The highest BCUT2D eigenvalue weighted by Gasteiger charge is 2.13. The molecule has 0 spiro atoms. The number of rotatable bonds is 6. The number of carbonyl (C=O) groups is 1. The lowest BCUT2D eigenvalue weighted by atomic mass is 10.2. The van der Waals surface area contributed by atoms with Crippen LogP contribution in [0.5, 0.6) is 11.5 Å². The van der Waals surface area contributed by atoms with Crippen molar-refractivity contribution in [1.82, 2.24) is 9.97 Å². The number of imidazole rings is 1. The van der Waals surface area contributed by atoms with Gasteiger partial charge in [0.15, 0.2) is 0 Å². The number of hydrogen-bond donors (Lipinski definition) is 2. The number of ether oxygens (including phenoxy) is 2. The van der Waals surface area contributed by atoms with Crippen molar-refractivity contribution >= 4 is 34.2 Å². The molecule has 2 aromatic carbocycles. The Labute approximate surface area is 150 Å². The lowest BCUT2D eigenvalue weighted by molar-refractivity contribution is -0.116. The molecule has 25 heavy (non-hydrogen) atoms. The van der Waals surface area contributed by atoms with E-state index in [1.807, 2.05) is 24.3 Å². The third-order valence-corrected chi connectivity index (χ3v) is 4.07. The number of nitrogens with one attached hydrogen (secondary N) is 2. The number of anilines is 1. The first kappa shape index (κ1) is 17.1. The molecule has 1 amide bonds. The Hall–Kier alpha value is -2.73. The van der Waals surface area contributed by atoms with Gasteiger partial charge in [0.1, 0.15) is 17.3 Å². The maximum atomic E-state index is 12.3. The van der Waals surface area contributed by atoms with Gasteiger partial charge in [-0.15, -0.1) is 0 Å².